The van der Waals surface area contributed by atoms with Crippen molar-refractivity contribution in [2.24, 2.45) is 0 Å². The van der Waals surface area contributed by atoms with E-state index in [0.29, 0.717) is 5.69 Å². The Morgan fingerprint density at radius 1 is 1.12 bits per heavy atom. The third-order valence-electron chi connectivity index (χ3n) is 2.42. The number of aromatic hydroxyl groups is 1. The minimum absolute atomic E-state index is 0.229. The van der Waals surface area contributed by atoms with Crippen molar-refractivity contribution >= 4 is 5.69 Å². The lowest BCUT2D eigenvalue weighted by molar-refractivity contribution is 0.415. The Bertz CT molecular complexity index is 509. The quantitative estimate of drug-likeness (QED) is 0.757. The predicted molar refractivity (Wildman–Crippen MR) is 64.5 cm³/mol. The van der Waals surface area contributed by atoms with Crippen LogP contribution in [0.5, 0.6) is 11.5 Å². The zero-order valence-corrected chi connectivity index (χ0v) is 8.97. The van der Waals surface area contributed by atoms with Crippen molar-refractivity contribution in [3.05, 3.63) is 42.5 Å². The number of anilines is 1. The van der Waals surface area contributed by atoms with Crippen LogP contribution in [0.1, 0.15) is 0 Å². The number of hydrogen-bond acceptors (Lipinski definition) is 3. The van der Waals surface area contributed by atoms with Crippen LogP contribution in [0.25, 0.3) is 11.1 Å². The van der Waals surface area contributed by atoms with Crippen LogP contribution in [-0.2, 0) is 0 Å². The molecule has 16 heavy (non-hydrogen) atoms. The minimum atomic E-state index is 0.229. The summed E-state index contributed by atoms with van der Waals surface area (Å²) in [5.41, 5.74) is 8.32. The second-order valence-corrected chi connectivity index (χ2v) is 3.50. The van der Waals surface area contributed by atoms with Gasteiger partial charge in [-0.3, -0.25) is 0 Å². The van der Waals surface area contributed by atoms with Gasteiger partial charge in [0.05, 0.1) is 7.11 Å². The Labute approximate surface area is 94.1 Å². The van der Waals surface area contributed by atoms with E-state index in [1.54, 1.807) is 31.4 Å². The van der Waals surface area contributed by atoms with Gasteiger partial charge in [-0.2, -0.15) is 0 Å². The highest BCUT2D eigenvalue weighted by Crippen LogP contribution is 2.30. The van der Waals surface area contributed by atoms with Crippen LogP contribution in [0.3, 0.4) is 0 Å². The number of benzene rings is 2. The van der Waals surface area contributed by atoms with Crippen molar-refractivity contribution in [2.45, 2.75) is 0 Å². The molecule has 3 heteroatoms. The third-order valence-corrected chi connectivity index (χ3v) is 2.42. The summed E-state index contributed by atoms with van der Waals surface area (Å²) in [5, 5.41) is 9.40. The molecule has 0 fully saturated rings. The van der Waals surface area contributed by atoms with Gasteiger partial charge in [-0.05, 0) is 29.8 Å². The summed E-state index contributed by atoms with van der Waals surface area (Å²) in [4.78, 5) is 0. The van der Waals surface area contributed by atoms with Gasteiger partial charge in [0.25, 0.3) is 0 Å². The van der Waals surface area contributed by atoms with Crippen LogP contribution in [-0.4, -0.2) is 12.2 Å². The first-order chi connectivity index (χ1) is 7.70. The van der Waals surface area contributed by atoms with Gasteiger partial charge < -0.3 is 15.6 Å². The summed E-state index contributed by atoms with van der Waals surface area (Å²) >= 11 is 0. The maximum atomic E-state index is 9.40. The van der Waals surface area contributed by atoms with Crippen molar-refractivity contribution in [1.29, 1.82) is 0 Å². The molecule has 3 nitrogen and oxygen atoms in total. The van der Waals surface area contributed by atoms with E-state index in [2.05, 4.69) is 0 Å². The highest BCUT2D eigenvalue weighted by Gasteiger charge is 2.04. The lowest BCUT2D eigenvalue weighted by atomic mass is 10.0. The molecule has 2 aromatic carbocycles. The van der Waals surface area contributed by atoms with E-state index in [1.165, 1.54) is 0 Å². The Morgan fingerprint density at radius 2 is 1.94 bits per heavy atom. The van der Waals surface area contributed by atoms with Gasteiger partial charge in [-0.15, -0.1) is 0 Å². The molecule has 0 radical (unpaired) electrons. The van der Waals surface area contributed by atoms with Gasteiger partial charge >= 0.3 is 0 Å². The van der Waals surface area contributed by atoms with Gasteiger partial charge in [0.2, 0.25) is 0 Å². The van der Waals surface area contributed by atoms with Crippen LogP contribution in [0, 0.1) is 0 Å². The Morgan fingerprint density at radius 3 is 2.56 bits per heavy atom. The summed E-state index contributed by atoms with van der Waals surface area (Å²) in [5.74, 6) is 0.953. The van der Waals surface area contributed by atoms with Crippen LogP contribution >= 0.6 is 0 Å². The van der Waals surface area contributed by atoms with Crippen LogP contribution < -0.4 is 10.5 Å². The van der Waals surface area contributed by atoms with Crippen LogP contribution in [0.15, 0.2) is 42.5 Å². The minimum Gasteiger partial charge on any atom is -0.508 e. The molecule has 82 valence electrons. The first-order valence-corrected chi connectivity index (χ1v) is 4.93. The number of ether oxygens (including phenoxy) is 1. The average molecular weight is 215 g/mol. The van der Waals surface area contributed by atoms with Gasteiger partial charge in [0.15, 0.2) is 0 Å². The molecule has 0 saturated heterocycles. The Balaban J connectivity index is 2.48. The van der Waals surface area contributed by atoms with Crippen molar-refractivity contribution in [1.82, 2.24) is 0 Å². The normalized spacial score (nSPS) is 10.1. The van der Waals surface area contributed by atoms with E-state index >= 15 is 0 Å². The first kappa shape index (κ1) is 10.4. The number of nitrogen functional groups attached to an aromatic ring is 1. The van der Waals surface area contributed by atoms with Crippen LogP contribution in [0.4, 0.5) is 5.69 Å². The molecule has 3 N–H and O–H groups in total. The summed E-state index contributed by atoms with van der Waals surface area (Å²) in [6, 6.07) is 12.5. The van der Waals surface area contributed by atoms with Gasteiger partial charge in [-0.25, -0.2) is 0 Å². The molecule has 0 spiro atoms. The van der Waals surface area contributed by atoms with Crippen molar-refractivity contribution in [3.63, 3.8) is 0 Å². The number of rotatable bonds is 2. The molecular weight excluding hydrogens is 202 g/mol. The molecule has 0 heterocycles. The number of methoxy groups -OCH3 is 1. The number of hydrogen-bond donors (Lipinski definition) is 2. The molecule has 0 aromatic heterocycles. The Kier molecular flexibility index (Phi) is 2.68. The smallest absolute Gasteiger partial charge is 0.120 e. The van der Waals surface area contributed by atoms with Crippen molar-refractivity contribution in [2.75, 3.05) is 12.8 Å². The van der Waals surface area contributed by atoms with Crippen LogP contribution in [0.2, 0.25) is 0 Å². The molecular formula is C13H13NO2. The lowest BCUT2D eigenvalue weighted by Crippen LogP contribution is -1.91. The maximum Gasteiger partial charge on any atom is 0.120 e. The third kappa shape index (κ3) is 1.93. The number of nitrogens with two attached hydrogens (primary N) is 1. The highest BCUT2D eigenvalue weighted by atomic mass is 16.5. The molecule has 0 bridgehead atoms. The molecule has 0 saturated carbocycles. The highest BCUT2D eigenvalue weighted by molar-refractivity contribution is 5.78. The molecule has 0 aliphatic rings. The number of phenolic OH excluding ortho intramolecular Hbond substituents is 1. The topological polar surface area (TPSA) is 55.5 Å². The van der Waals surface area contributed by atoms with Crippen molar-refractivity contribution < 1.29 is 9.84 Å². The summed E-state index contributed by atoms with van der Waals surface area (Å²) in [6.45, 7) is 0. The summed E-state index contributed by atoms with van der Waals surface area (Å²) in [6.07, 6.45) is 0. The van der Waals surface area contributed by atoms with Crippen molar-refractivity contribution in [3.8, 4) is 22.6 Å². The fourth-order valence-electron chi connectivity index (χ4n) is 1.60. The maximum absolute atomic E-state index is 9.40. The fraction of sp³-hybridized carbons (Fsp3) is 0.0769. The molecule has 0 aliphatic heterocycles. The molecule has 2 rings (SSSR count). The van der Waals surface area contributed by atoms with Gasteiger partial charge in [0.1, 0.15) is 11.5 Å². The fourth-order valence-corrected chi connectivity index (χ4v) is 1.60. The molecule has 0 amide bonds. The van der Waals surface area contributed by atoms with E-state index in [-0.39, 0.29) is 5.75 Å². The summed E-state index contributed by atoms with van der Waals surface area (Å²) in [7, 11) is 1.60. The monoisotopic (exact) mass is 215 g/mol. The van der Waals surface area contributed by atoms with E-state index in [1.807, 2.05) is 18.2 Å². The molecule has 0 unspecified atom stereocenters. The lowest BCUT2D eigenvalue weighted by Gasteiger charge is -2.08. The largest absolute Gasteiger partial charge is 0.508 e. The van der Waals surface area contributed by atoms with E-state index in [9.17, 15) is 5.11 Å². The average Bonchev–Trinajstić information content (AvgIpc) is 2.28. The van der Waals surface area contributed by atoms with Gasteiger partial charge in [0, 0.05) is 17.3 Å². The zero-order chi connectivity index (χ0) is 11.5. The van der Waals surface area contributed by atoms with E-state index < -0.39 is 0 Å². The zero-order valence-electron chi connectivity index (χ0n) is 8.97. The first-order valence-electron chi connectivity index (χ1n) is 4.93. The predicted octanol–water partition coefficient (Wildman–Crippen LogP) is 2.65. The SMILES string of the molecule is COc1ccc(-c2cccc(O)c2)c(N)c1. The molecule has 0 atom stereocenters. The summed E-state index contributed by atoms with van der Waals surface area (Å²) < 4.78 is 5.08. The second kappa shape index (κ2) is 4.14. The standard InChI is InChI=1S/C13H13NO2/c1-16-11-5-6-12(13(14)8-11)9-3-2-4-10(15)7-9/h2-8,15H,14H2,1H3. The van der Waals surface area contributed by atoms with Gasteiger partial charge in [-0.1, -0.05) is 12.1 Å². The van der Waals surface area contributed by atoms with E-state index in [0.717, 1.165) is 16.9 Å². The molecule has 0 aliphatic carbocycles. The Hall–Kier alpha value is -2.16. The van der Waals surface area contributed by atoms with E-state index in [4.69, 9.17) is 10.5 Å². The number of phenols is 1. The second-order valence-electron chi connectivity index (χ2n) is 3.50. The molecule has 2 aromatic rings.